The number of hydrogen-bond acceptors (Lipinski definition) is 2. The third-order valence-corrected chi connectivity index (χ3v) is 2.53. The number of guanidine groups is 1. The van der Waals surface area contributed by atoms with Crippen molar-refractivity contribution in [2.24, 2.45) is 10.7 Å². The van der Waals surface area contributed by atoms with Crippen LogP contribution in [0.1, 0.15) is 13.3 Å². The standard InChI is InChI=1S/C12H22N4.HI/c1-10(2)8-14-12(13)15-9-11-4-6-16(3)7-5-11;/h4H,1,5-9H2,2-3H3,(H3,13,14,15);1H. The summed E-state index contributed by atoms with van der Waals surface area (Å²) < 4.78 is 0. The summed E-state index contributed by atoms with van der Waals surface area (Å²) in [5.41, 5.74) is 8.15. The Kier molecular flexibility index (Phi) is 8.24. The lowest BCUT2D eigenvalue weighted by atomic mass is 10.1. The van der Waals surface area contributed by atoms with Crippen molar-refractivity contribution in [2.75, 3.05) is 33.2 Å². The molecule has 4 nitrogen and oxygen atoms in total. The summed E-state index contributed by atoms with van der Waals surface area (Å²) >= 11 is 0. The van der Waals surface area contributed by atoms with Gasteiger partial charge in [0, 0.05) is 19.6 Å². The Morgan fingerprint density at radius 1 is 1.65 bits per heavy atom. The zero-order valence-corrected chi connectivity index (χ0v) is 13.0. The van der Waals surface area contributed by atoms with E-state index in [1.165, 1.54) is 5.57 Å². The number of nitrogens with two attached hydrogens (primary N) is 1. The molecule has 0 atom stereocenters. The van der Waals surface area contributed by atoms with Gasteiger partial charge in [-0.05, 0) is 20.4 Å². The third kappa shape index (κ3) is 7.38. The van der Waals surface area contributed by atoms with E-state index in [-0.39, 0.29) is 24.0 Å². The second-order valence-electron chi connectivity index (χ2n) is 4.39. The van der Waals surface area contributed by atoms with Crippen molar-refractivity contribution in [3.8, 4) is 0 Å². The summed E-state index contributed by atoms with van der Waals surface area (Å²) in [5, 5.41) is 3.02. The van der Waals surface area contributed by atoms with E-state index in [0.29, 0.717) is 19.0 Å². The molecule has 0 spiro atoms. The summed E-state index contributed by atoms with van der Waals surface area (Å²) in [5.74, 6) is 0.503. The average molecular weight is 350 g/mol. The maximum Gasteiger partial charge on any atom is 0.189 e. The van der Waals surface area contributed by atoms with Gasteiger partial charge in [-0.3, -0.25) is 0 Å². The lowest BCUT2D eigenvalue weighted by Crippen LogP contribution is -2.33. The highest BCUT2D eigenvalue weighted by molar-refractivity contribution is 14.0. The Labute approximate surface area is 121 Å². The van der Waals surface area contributed by atoms with Crippen molar-refractivity contribution in [3.63, 3.8) is 0 Å². The first-order valence-electron chi connectivity index (χ1n) is 5.62. The summed E-state index contributed by atoms with van der Waals surface area (Å²) in [6, 6.07) is 0. The Bertz CT molecular complexity index is 310. The van der Waals surface area contributed by atoms with E-state index in [2.05, 4.69) is 34.9 Å². The largest absolute Gasteiger partial charge is 0.370 e. The van der Waals surface area contributed by atoms with E-state index < -0.39 is 0 Å². The van der Waals surface area contributed by atoms with Crippen LogP contribution in [0.5, 0.6) is 0 Å². The topological polar surface area (TPSA) is 53.6 Å². The van der Waals surface area contributed by atoms with Gasteiger partial charge in [0.1, 0.15) is 0 Å². The molecule has 5 heteroatoms. The molecule has 0 fully saturated rings. The van der Waals surface area contributed by atoms with Crippen molar-refractivity contribution in [3.05, 3.63) is 23.8 Å². The highest BCUT2D eigenvalue weighted by Crippen LogP contribution is 2.08. The lowest BCUT2D eigenvalue weighted by Gasteiger charge is -2.21. The smallest absolute Gasteiger partial charge is 0.189 e. The van der Waals surface area contributed by atoms with Crippen molar-refractivity contribution in [1.29, 1.82) is 0 Å². The number of likely N-dealkylation sites (N-methyl/N-ethyl adjacent to an activating group) is 1. The number of halogens is 1. The molecule has 1 heterocycles. The van der Waals surface area contributed by atoms with Gasteiger partial charge in [0.15, 0.2) is 5.96 Å². The molecule has 1 rings (SSSR count). The van der Waals surface area contributed by atoms with Gasteiger partial charge in [0.25, 0.3) is 0 Å². The molecule has 0 aromatic heterocycles. The van der Waals surface area contributed by atoms with Crippen LogP contribution in [0, 0.1) is 0 Å². The van der Waals surface area contributed by atoms with Crippen molar-refractivity contribution < 1.29 is 0 Å². The van der Waals surface area contributed by atoms with Gasteiger partial charge in [0.2, 0.25) is 0 Å². The van der Waals surface area contributed by atoms with Crippen LogP contribution in [0.4, 0.5) is 0 Å². The van der Waals surface area contributed by atoms with Gasteiger partial charge in [-0.1, -0.05) is 23.8 Å². The van der Waals surface area contributed by atoms with Crippen LogP contribution in [0.3, 0.4) is 0 Å². The highest BCUT2D eigenvalue weighted by atomic mass is 127. The zero-order valence-electron chi connectivity index (χ0n) is 10.7. The molecule has 0 unspecified atom stereocenters. The average Bonchev–Trinajstić information content (AvgIpc) is 2.25. The Morgan fingerprint density at radius 3 is 2.88 bits per heavy atom. The maximum atomic E-state index is 5.73. The van der Waals surface area contributed by atoms with Crippen LogP contribution in [0.25, 0.3) is 0 Å². The van der Waals surface area contributed by atoms with Gasteiger partial charge in [0.05, 0.1) is 6.54 Å². The molecular formula is C12H23IN4. The molecule has 0 aromatic carbocycles. The van der Waals surface area contributed by atoms with E-state index in [1.54, 1.807) is 0 Å². The minimum atomic E-state index is 0. The molecule has 1 aliphatic heterocycles. The van der Waals surface area contributed by atoms with Crippen LogP contribution >= 0.6 is 24.0 Å². The van der Waals surface area contributed by atoms with E-state index in [4.69, 9.17) is 5.73 Å². The fourth-order valence-corrected chi connectivity index (χ4v) is 1.44. The maximum absolute atomic E-state index is 5.73. The molecule has 0 aliphatic carbocycles. The van der Waals surface area contributed by atoms with Crippen LogP contribution in [0.15, 0.2) is 28.8 Å². The van der Waals surface area contributed by atoms with Crippen LogP contribution < -0.4 is 11.1 Å². The molecule has 0 aromatic rings. The van der Waals surface area contributed by atoms with Gasteiger partial charge in [-0.2, -0.15) is 0 Å². The molecule has 98 valence electrons. The molecule has 0 amide bonds. The predicted molar refractivity (Wildman–Crippen MR) is 84.9 cm³/mol. The molecule has 0 saturated carbocycles. The number of nitrogens with one attached hydrogen (secondary N) is 1. The normalized spacial score (nSPS) is 17.1. The van der Waals surface area contributed by atoms with Crippen LogP contribution in [-0.2, 0) is 0 Å². The number of hydrogen-bond donors (Lipinski definition) is 2. The Hall–Kier alpha value is -0.560. The Morgan fingerprint density at radius 2 is 2.35 bits per heavy atom. The quantitative estimate of drug-likeness (QED) is 0.348. The first-order chi connectivity index (χ1) is 7.58. The minimum Gasteiger partial charge on any atom is -0.370 e. The molecule has 3 N–H and O–H groups in total. The first kappa shape index (κ1) is 16.4. The molecule has 0 saturated heterocycles. The zero-order chi connectivity index (χ0) is 12.0. The number of aliphatic imine (C=N–C) groups is 1. The first-order valence-corrected chi connectivity index (χ1v) is 5.62. The second-order valence-corrected chi connectivity index (χ2v) is 4.39. The van der Waals surface area contributed by atoms with Crippen molar-refractivity contribution in [1.82, 2.24) is 10.2 Å². The molecular weight excluding hydrogens is 327 g/mol. The lowest BCUT2D eigenvalue weighted by molar-refractivity contribution is 0.358. The summed E-state index contributed by atoms with van der Waals surface area (Å²) in [6.07, 6.45) is 3.33. The van der Waals surface area contributed by atoms with E-state index in [1.807, 2.05) is 6.92 Å². The van der Waals surface area contributed by atoms with Gasteiger partial charge < -0.3 is 16.0 Å². The SMILES string of the molecule is C=C(C)CNC(N)=NCC1=CCN(C)CC1.I. The van der Waals surface area contributed by atoms with Gasteiger partial charge >= 0.3 is 0 Å². The van der Waals surface area contributed by atoms with Gasteiger partial charge in [-0.25, -0.2) is 4.99 Å². The van der Waals surface area contributed by atoms with E-state index in [9.17, 15) is 0 Å². The molecule has 1 aliphatic rings. The number of rotatable bonds is 4. The summed E-state index contributed by atoms with van der Waals surface area (Å²) in [4.78, 5) is 6.59. The highest BCUT2D eigenvalue weighted by Gasteiger charge is 2.06. The fraction of sp³-hybridized carbons (Fsp3) is 0.583. The van der Waals surface area contributed by atoms with Gasteiger partial charge in [-0.15, -0.1) is 24.0 Å². The molecule has 17 heavy (non-hydrogen) atoms. The van der Waals surface area contributed by atoms with Crippen molar-refractivity contribution >= 4 is 29.9 Å². The molecule has 0 bridgehead atoms. The predicted octanol–water partition coefficient (Wildman–Crippen LogP) is 1.35. The van der Waals surface area contributed by atoms with E-state index >= 15 is 0 Å². The van der Waals surface area contributed by atoms with Crippen LogP contribution in [0.2, 0.25) is 0 Å². The second kappa shape index (κ2) is 8.52. The summed E-state index contributed by atoms with van der Waals surface area (Å²) in [7, 11) is 2.12. The van der Waals surface area contributed by atoms with E-state index in [0.717, 1.165) is 25.1 Å². The monoisotopic (exact) mass is 350 g/mol. The summed E-state index contributed by atoms with van der Waals surface area (Å²) in [6.45, 7) is 9.29. The third-order valence-electron chi connectivity index (χ3n) is 2.53. The number of nitrogens with zero attached hydrogens (tertiary/aromatic N) is 2. The fourth-order valence-electron chi connectivity index (χ4n) is 1.44. The molecule has 0 radical (unpaired) electrons. The van der Waals surface area contributed by atoms with Crippen LogP contribution in [-0.4, -0.2) is 44.1 Å². The van der Waals surface area contributed by atoms with Crippen molar-refractivity contribution in [2.45, 2.75) is 13.3 Å². The minimum absolute atomic E-state index is 0. The Balaban J connectivity index is 0.00000256.